The van der Waals surface area contributed by atoms with E-state index >= 15 is 0 Å². The molecule has 0 radical (unpaired) electrons. The van der Waals surface area contributed by atoms with Crippen LogP contribution in [0.1, 0.15) is 35.3 Å². The lowest BCUT2D eigenvalue weighted by Gasteiger charge is -2.30. The van der Waals surface area contributed by atoms with E-state index in [4.69, 9.17) is 10.5 Å². The number of rotatable bonds is 1. The first-order valence-electron chi connectivity index (χ1n) is 6.42. The normalized spacial score (nSPS) is 21.6. The summed E-state index contributed by atoms with van der Waals surface area (Å²) >= 11 is 3.48. The van der Waals surface area contributed by atoms with Gasteiger partial charge in [-0.15, -0.1) is 0 Å². The van der Waals surface area contributed by atoms with Crippen LogP contribution in [0.15, 0.2) is 46.9 Å². The van der Waals surface area contributed by atoms with Gasteiger partial charge in [0.05, 0.1) is 0 Å². The Morgan fingerprint density at radius 2 is 2.05 bits per heavy atom. The maximum atomic E-state index is 6.27. The zero-order valence-corrected chi connectivity index (χ0v) is 12.4. The maximum Gasteiger partial charge on any atom is 0.126 e. The summed E-state index contributed by atoms with van der Waals surface area (Å²) in [5.41, 5.74) is 9.80. The molecule has 3 heteroatoms. The molecule has 2 aromatic carbocycles. The molecule has 2 nitrogen and oxygen atoms in total. The van der Waals surface area contributed by atoms with Gasteiger partial charge in [0.1, 0.15) is 11.9 Å². The van der Waals surface area contributed by atoms with Gasteiger partial charge >= 0.3 is 0 Å². The van der Waals surface area contributed by atoms with E-state index in [1.54, 1.807) is 0 Å². The molecule has 0 saturated heterocycles. The largest absolute Gasteiger partial charge is 0.485 e. The summed E-state index contributed by atoms with van der Waals surface area (Å²) in [5.74, 6) is 0.889. The maximum absolute atomic E-state index is 6.27. The average Bonchev–Trinajstić information content (AvgIpc) is 2.38. The number of aryl methyl sites for hydroxylation is 1. The lowest BCUT2D eigenvalue weighted by molar-refractivity contribution is 0.161. The van der Waals surface area contributed by atoms with Crippen LogP contribution in [0.3, 0.4) is 0 Å². The fraction of sp³-hybridized carbons (Fsp3) is 0.250. The Bertz CT molecular complexity index is 611. The Labute approximate surface area is 121 Å². The van der Waals surface area contributed by atoms with Gasteiger partial charge in [-0.05, 0) is 24.6 Å². The first-order valence-corrected chi connectivity index (χ1v) is 7.21. The van der Waals surface area contributed by atoms with E-state index in [-0.39, 0.29) is 12.1 Å². The van der Waals surface area contributed by atoms with Gasteiger partial charge in [-0.3, -0.25) is 0 Å². The van der Waals surface area contributed by atoms with Gasteiger partial charge < -0.3 is 10.5 Å². The van der Waals surface area contributed by atoms with E-state index < -0.39 is 0 Å². The highest BCUT2D eigenvalue weighted by molar-refractivity contribution is 9.10. The average molecular weight is 318 g/mol. The lowest BCUT2D eigenvalue weighted by atomic mass is 9.93. The lowest BCUT2D eigenvalue weighted by Crippen LogP contribution is -2.24. The fourth-order valence-electron chi connectivity index (χ4n) is 2.55. The number of ether oxygens (including phenoxy) is 1. The third-order valence-electron chi connectivity index (χ3n) is 3.53. The molecule has 0 bridgehead atoms. The number of benzene rings is 2. The molecule has 98 valence electrons. The van der Waals surface area contributed by atoms with Crippen LogP contribution in [0.4, 0.5) is 0 Å². The molecule has 1 aliphatic heterocycles. The summed E-state index contributed by atoms with van der Waals surface area (Å²) in [5, 5.41) is 0. The van der Waals surface area contributed by atoms with Crippen molar-refractivity contribution in [3.8, 4) is 5.75 Å². The van der Waals surface area contributed by atoms with Gasteiger partial charge in [0.25, 0.3) is 0 Å². The number of nitrogens with two attached hydrogens (primary N) is 1. The van der Waals surface area contributed by atoms with Gasteiger partial charge in [-0.2, -0.15) is 0 Å². The van der Waals surface area contributed by atoms with Crippen molar-refractivity contribution in [1.29, 1.82) is 0 Å². The topological polar surface area (TPSA) is 35.2 Å². The van der Waals surface area contributed by atoms with Crippen LogP contribution in [-0.2, 0) is 0 Å². The van der Waals surface area contributed by atoms with Crippen LogP contribution < -0.4 is 10.5 Å². The quantitative estimate of drug-likeness (QED) is 0.852. The van der Waals surface area contributed by atoms with Gasteiger partial charge in [0, 0.05) is 22.5 Å². The van der Waals surface area contributed by atoms with Crippen molar-refractivity contribution in [3.05, 3.63) is 63.6 Å². The molecule has 0 aromatic heterocycles. The fourth-order valence-corrected chi connectivity index (χ4v) is 2.89. The molecule has 3 rings (SSSR count). The third kappa shape index (κ3) is 2.53. The van der Waals surface area contributed by atoms with Gasteiger partial charge in [0.2, 0.25) is 0 Å². The van der Waals surface area contributed by atoms with Crippen molar-refractivity contribution < 1.29 is 4.74 Å². The van der Waals surface area contributed by atoms with Gasteiger partial charge in [0.15, 0.2) is 0 Å². The highest BCUT2D eigenvalue weighted by atomic mass is 79.9. The summed E-state index contributed by atoms with van der Waals surface area (Å²) in [7, 11) is 0. The Kier molecular flexibility index (Phi) is 3.33. The van der Waals surface area contributed by atoms with Crippen LogP contribution >= 0.6 is 15.9 Å². The second kappa shape index (κ2) is 4.99. The van der Waals surface area contributed by atoms with Crippen LogP contribution in [0.2, 0.25) is 0 Å². The molecule has 1 heterocycles. The monoisotopic (exact) mass is 317 g/mol. The molecule has 0 fully saturated rings. The number of hydrogen-bond acceptors (Lipinski definition) is 2. The van der Waals surface area contributed by atoms with E-state index in [9.17, 15) is 0 Å². The first-order chi connectivity index (χ1) is 9.13. The highest BCUT2D eigenvalue weighted by Crippen LogP contribution is 2.40. The predicted octanol–water partition coefficient (Wildman–Crippen LogP) is 4.28. The minimum Gasteiger partial charge on any atom is -0.485 e. The summed E-state index contributed by atoms with van der Waals surface area (Å²) < 4.78 is 7.13. The van der Waals surface area contributed by atoms with Gasteiger partial charge in [-0.1, -0.05) is 51.8 Å². The molecule has 0 aliphatic carbocycles. The van der Waals surface area contributed by atoms with Crippen molar-refractivity contribution in [2.45, 2.75) is 25.5 Å². The van der Waals surface area contributed by atoms with E-state index in [2.05, 4.69) is 47.1 Å². The molecule has 1 aliphatic rings. The summed E-state index contributed by atoms with van der Waals surface area (Å²) in [6.45, 7) is 2.09. The second-order valence-corrected chi connectivity index (χ2v) is 5.96. The minimum atomic E-state index is 0.0300. The number of halogens is 1. The summed E-state index contributed by atoms with van der Waals surface area (Å²) in [6.07, 6.45) is 0.856. The minimum absolute atomic E-state index is 0.0300. The van der Waals surface area contributed by atoms with Crippen LogP contribution in [-0.4, -0.2) is 0 Å². The third-order valence-corrected chi connectivity index (χ3v) is 4.02. The molecule has 0 spiro atoms. The van der Waals surface area contributed by atoms with Crippen LogP contribution in [0.25, 0.3) is 0 Å². The molecule has 2 N–H and O–H groups in total. The molecule has 0 amide bonds. The molecule has 1 unspecified atom stereocenters. The van der Waals surface area contributed by atoms with Crippen molar-refractivity contribution in [2.75, 3.05) is 0 Å². The van der Waals surface area contributed by atoms with Crippen molar-refractivity contribution in [1.82, 2.24) is 0 Å². The number of fused-ring (bicyclic) bond motifs is 1. The van der Waals surface area contributed by atoms with E-state index in [1.807, 2.05) is 18.2 Å². The van der Waals surface area contributed by atoms with Crippen LogP contribution in [0.5, 0.6) is 5.75 Å². The molecular formula is C16H16BrNO. The first kappa shape index (κ1) is 12.7. The smallest absolute Gasteiger partial charge is 0.126 e. The SMILES string of the molecule is Cc1cccc(C2C[C@@H](N)c3ccc(Br)cc3O2)c1. The second-order valence-electron chi connectivity index (χ2n) is 5.04. The van der Waals surface area contributed by atoms with Crippen molar-refractivity contribution >= 4 is 15.9 Å². The molecular weight excluding hydrogens is 302 g/mol. The Balaban J connectivity index is 1.96. The van der Waals surface area contributed by atoms with Gasteiger partial charge in [-0.25, -0.2) is 0 Å². The zero-order chi connectivity index (χ0) is 13.4. The van der Waals surface area contributed by atoms with E-state index in [1.165, 1.54) is 11.1 Å². The van der Waals surface area contributed by atoms with E-state index in [0.29, 0.717) is 0 Å². The van der Waals surface area contributed by atoms with E-state index in [0.717, 1.165) is 22.2 Å². The standard InChI is InChI=1S/C16H16BrNO/c1-10-3-2-4-11(7-10)15-9-14(18)13-6-5-12(17)8-16(13)19-15/h2-8,14-15H,9,18H2,1H3/t14-,15?/m1/s1. The zero-order valence-electron chi connectivity index (χ0n) is 10.8. The Morgan fingerprint density at radius 1 is 1.21 bits per heavy atom. The molecule has 19 heavy (non-hydrogen) atoms. The van der Waals surface area contributed by atoms with Crippen LogP contribution in [0, 0.1) is 6.92 Å². The summed E-state index contributed by atoms with van der Waals surface area (Å²) in [4.78, 5) is 0. The number of hydrogen-bond donors (Lipinski definition) is 1. The predicted molar refractivity (Wildman–Crippen MR) is 80.2 cm³/mol. The molecule has 0 saturated carbocycles. The summed E-state index contributed by atoms with van der Waals surface area (Å²) in [6, 6.07) is 14.5. The Hall–Kier alpha value is -1.32. The Morgan fingerprint density at radius 3 is 2.84 bits per heavy atom. The highest BCUT2D eigenvalue weighted by Gasteiger charge is 2.27. The van der Waals surface area contributed by atoms with Crippen molar-refractivity contribution in [3.63, 3.8) is 0 Å². The van der Waals surface area contributed by atoms with Crippen molar-refractivity contribution in [2.24, 2.45) is 5.73 Å². The molecule has 2 aromatic rings. The molecule has 2 atom stereocenters.